The lowest BCUT2D eigenvalue weighted by atomic mass is 10.2. The summed E-state index contributed by atoms with van der Waals surface area (Å²) in [7, 11) is 0. The van der Waals surface area contributed by atoms with Gasteiger partial charge >= 0.3 is 0 Å². The lowest BCUT2D eigenvalue weighted by Gasteiger charge is -1.97. The maximum atomic E-state index is 10.9. The first-order chi connectivity index (χ1) is 6.61. The van der Waals surface area contributed by atoms with Crippen molar-refractivity contribution in [2.24, 2.45) is 5.73 Å². The molecule has 0 aliphatic carbocycles. The molecule has 1 aromatic heterocycles. The van der Waals surface area contributed by atoms with Gasteiger partial charge in [0.05, 0.1) is 5.69 Å². The van der Waals surface area contributed by atoms with Crippen molar-refractivity contribution in [1.82, 2.24) is 0 Å². The smallest absolute Gasteiger partial charge is 0.261 e. The lowest BCUT2D eigenvalue weighted by Crippen LogP contribution is -2.10. The third-order valence-corrected chi connectivity index (χ3v) is 2.80. The van der Waals surface area contributed by atoms with Gasteiger partial charge in [0.1, 0.15) is 21.5 Å². The Bertz CT molecular complexity index is 404. The lowest BCUT2D eigenvalue weighted by molar-refractivity contribution is 0.100. The second-order valence-electron chi connectivity index (χ2n) is 2.56. The molecule has 0 saturated carbocycles. The molecule has 1 heterocycles. The summed E-state index contributed by atoms with van der Waals surface area (Å²) < 4.78 is 0. The second kappa shape index (κ2) is 3.98. The first-order valence-electron chi connectivity index (χ1n) is 3.97. The quantitative estimate of drug-likeness (QED) is 0.684. The summed E-state index contributed by atoms with van der Waals surface area (Å²) in [5, 5.41) is 12.4. The van der Waals surface area contributed by atoms with Gasteiger partial charge in [-0.2, -0.15) is 5.26 Å². The van der Waals surface area contributed by atoms with E-state index in [1.54, 1.807) is 0 Å². The molecule has 0 spiro atoms. The predicted octanol–water partition coefficient (Wildman–Crippen LogP) is 0.733. The second-order valence-corrected chi connectivity index (χ2v) is 3.58. The molecule has 1 aromatic rings. The maximum Gasteiger partial charge on any atom is 0.261 e. The Kier molecular flexibility index (Phi) is 2.94. The fourth-order valence-electron chi connectivity index (χ4n) is 1.02. The van der Waals surface area contributed by atoms with E-state index < -0.39 is 5.91 Å². The molecular weight excluding hydrogens is 200 g/mol. The molecule has 5 N–H and O–H groups in total. The van der Waals surface area contributed by atoms with Crippen molar-refractivity contribution < 1.29 is 4.79 Å². The van der Waals surface area contributed by atoms with Crippen LogP contribution >= 0.6 is 11.3 Å². The van der Waals surface area contributed by atoms with Gasteiger partial charge in [-0.05, 0) is 6.92 Å². The Hall–Kier alpha value is -1.74. The number of carbonyl (C=O) groups excluding carboxylic acids is 1. The molecule has 0 radical (unpaired) electrons. The standard InChI is InChI=1S/C8H10N4OS/c1-2-12-8-4(3-9)5(10)6(14-8)7(11)13/h12H,2,10H2,1H3,(H2,11,13). The van der Waals surface area contributed by atoms with Crippen molar-refractivity contribution >= 4 is 27.9 Å². The Morgan fingerprint density at radius 2 is 2.36 bits per heavy atom. The molecule has 6 heteroatoms. The van der Waals surface area contributed by atoms with E-state index in [1.807, 2.05) is 13.0 Å². The number of hydrogen-bond acceptors (Lipinski definition) is 5. The minimum Gasteiger partial charge on any atom is -0.396 e. The SMILES string of the molecule is CCNc1sc(C(N)=O)c(N)c1C#N. The zero-order chi connectivity index (χ0) is 10.7. The fourth-order valence-corrected chi connectivity index (χ4v) is 2.01. The number of thiophene rings is 1. The highest BCUT2D eigenvalue weighted by Crippen LogP contribution is 2.34. The molecule has 1 amide bonds. The number of nitrogen functional groups attached to an aromatic ring is 1. The van der Waals surface area contributed by atoms with E-state index in [0.29, 0.717) is 17.1 Å². The minimum atomic E-state index is -0.604. The van der Waals surface area contributed by atoms with Gasteiger partial charge in [-0.1, -0.05) is 0 Å². The minimum absolute atomic E-state index is 0.168. The third kappa shape index (κ3) is 1.63. The number of nitrogens with zero attached hydrogens (tertiary/aromatic N) is 1. The van der Waals surface area contributed by atoms with Gasteiger partial charge in [-0.15, -0.1) is 11.3 Å². The van der Waals surface area contributed by atoms with Crippen molar-refractivity contribution in [2.45, 2.75) is 6.92 Å². The number of carbonyl (C=O) groups is 1. The van der Waals surface area contributed by atoms with Crippen molar-refractivity contribution in [1.29, 1.82) is 5.26 Å². The Morgan fingerprint density at radius 1 is 1.71 bits per heavy atom. The van der Waals surface area contributed by atoms with E-state index >= 15 is 0 Å². The summed E-state index contributed by atoms with van der Waals surface area (Å²) in [5.74, 6) is -0.604. The van der Waals surface area contributed by atoms with Crippen LogP contribution in [-0.2, 0) is 0 Å². The van der Waals surface area contributed by atoms with E-state index in [9.17, 15) is 4.79 Å². The molecule has 0 bridgehead atoms. The van der Waals surface area contributed by atoms with E-state index in [-0.39, 0.29) is 10.6 Å². The zero-order valence-corrected chi connectivity index (χ0v) is 8.44. The van der Waals surface area contributed by atoms with Gasteiger partial charge < -0.3 is 16.8 Å². The van der Waals surface area contributed by atoms with E-state index in [1.165, 1.54) is 0 Å². The largest absolute Gasteiger partial charge is 0.396 e. The van der Waals surface area contributed by atoms with Crippen LogP contribution in [0.15, 0.2) is 0 Å². The zero-order valence-electron chi connectivity index (χ0n) is 7.63. The topological polar surface area (TPSA) is 105 Å². The van der Waals surface area contributed by atoms with Crippen LogP contribution in [0.2, 0.25) is 0 Å². The van der Waals surface area contributed by atoms with Gasteiger partial charge in [0.15, 0.2) is 0 Å². The number of rotatable bonds is 3. The molecular formula is C8H10N4OS. The van der Waals surface area contributed by atoms with Crippen LogP contribution in [0.1, 0.15) is 22.2 Å². The van der Waals surface area contributed by atoms with Gasteiger partial charge in [-0.3, -0.25) is 4.79 Å². The van der Waals surface area contributed by atoms with E-state index in [4.69, 9.17) is 16.7 Å². The van der Waals surface area contributed by atoms with Gasteiger partial charge in [-0.25, -0.2) is 0 Å². The van der Waals surface area contributed by atoms with Crippen molar-refractivity contribution in [3.63, 3.8) is 0 Å². The van der Waals surface area contributed by atoms with Crippen molar-refractivity contribution in [2.75, 3.05) is 17.6 Å². The molecule has 0 atom stereocenters. The molecule has 0 aromatic carbocycles. The van der Waals surface area contributed by atoms with Crippen LogP contribution in [0.25, 0.3) is 0 Å². The van der Waals surface area contributed by atoms with Gasteiger partial charge in [0.25, 0.3) is 5.91 Å². The Morgan fingerprint density at radius 3 is 2.79 bits per heavy atom. The Balaban J connectivity index is 3.26. The summed E-state index contributed by atoms with van der Waals surface area (Å²) in [4.78, 5) is 11.2. The highest BCUT2D eigenvalue weighted by Gasteiger charge is 2.18. The van der Waals surface area contributed by atoms with Crippen LogP contribution < -0.4 is 16.8 Å². The molecule has 0 aliphatic rings. The summed E-state index contributed by atoms with van der Waals surface area (Å²) in [6, 6.07) is 1.94. The molecule has 0 fully saturated rings. The first kappa shape index (κ1) is 10.3. The predicted molar refractivity (Wildman–Crippen MR) is 56.1 cm³/mol. The molecule has 5 nitrogen and oxygen atoms in total. The van der Waals surface area contributed by atoms with Crippen LogP contribution in [0.3, 0.4) is 0 Å². The molecule has 14 heavy (non-hydrogen) atoms. The molecule has 0 saturated heterocycles. The van der Waals surface area contributed by atoms with Crippen molar-refractivity contribution in [3.8, 4) is 6.07 Å². The van der Waals surface area contributed by atoms with E-state index in [2.05, 4.69) is 5.32 Å². The number of anilines is 2. The molecule has 0 unspecified atom stereocenters. The highest BCUT2D eigenvalue weighted by atomic mass is 32.1. The average molecular weight is 210 g/mol. The average Bonchev–Trinajstić information content (AvgIpc) is 2.43. The van der Waals surface area contributed by atoms with Crippen molar-refractivity contribution in [3.05, 3.63) is 10.4 Å². The molecule has 0 aliphatic heterocycles. The fraction of sp³-hybridized carbons (Fsp3) is 0.250. The number of hydrogen-bond donors (Lipinski definition) is 3. The Labute approximate surface area is 85.3 Å². The first-order valence-corrected chi connectivity index (χ1v) is 4.79. The van der Waals surface area contributed by atoms with Crippen LogP contribution in [-0.4, -0.2) is 12.5 Å². The monoisotopic (exact) mass is 210 g/mol. The number of nitrogens with two attached hydrogens (primary N) is 2. The summed E-state index contributed by atoms with van der Waals surface area (Å²) in [5.41, 5.74) is 11.2. The number of nitriles is 1. The number of primary amides is 1. The normalized spacial score (nSPS) is 9.43. The highest BCUT2D eigenvalue weighted by molar-refractivity contribution is 7.18. The van der Waals surface area contributed by atoms with Crippen LogP contribution in [0, 0.1) is 11.3 Å². The number of amides is 1. The molecule has 1 rings (SSSR count). The van der Waals surface area contributed by atoms with E-state index in [0.717, 1.165) is 11.3 Å². The van der Waals surface area contributed by atoms with Gasteiger partial charge in [0.2, 0.25) is 0 Å². The molecule has 74 valence electrons. The summed E-state index contributed by atoms with van der Waals surface area (Å²) in [6.45, 7) is 2.55. The third-order valence-electron chi connectivity index (χ3n) is 1.62. The van der Waals surface area contributed by atoms with Crippen LogP contribution in [0.4, 0.5) is 10.7 Å². The summed E-state index contributed by atoms with van der Waals surface area (Å²) in [6.07, 6.45) is 0. The number of nitrogens with one attached hydrogen (secondary N) is 1. The van der Waals surface area contributed by atoms with Gasteiger partial charge in [0, 0.05) is 6.54 Å². The summed E-state index contributed by atoms with van der Waals surface area (Å²) >= 11 is 1.11. The van der Waals surface area contributed by atoms with Crippen LogP contribution in [0.5, 0.6) is 0 Å². The maximum absolute atomic E-state index is 10.9.